The minimum atomic E-state index is -0.307. The van der Waals surface area contributed by atoms with Gasteiger partial charge in [-0.2, -0.15) is 0 Å². The van der Waals surface area contributed by atoms with Crippen LogP contribution in [0.4, 0.5) is 4.39 Å². The standard InChI is InChI=1S/C18H20FNO3/c1-14-4-3-5-17(12-14)23-13-18(21)20(2)10-11-22-16-8-6-15(19)7-9-16/h3-9,12H,10-11,13H2,1-2H3. The van der Waals surface area contributed by atoms with E-state index >= 15 is 0 Å². The van der Waals surface area contributed by atoms with Gasteiger partial charge >= 0.3 is 0 Å². The molecule has 0 atom stereocenters. The van der Waals surface area contributed by atoms with E-state index in [1.54, 1.807) is 24.1 Å². The fourth-order valence-corrected chi connectivity index (χ4v) is 1.92. The predicted molar refractivity (Wildman–Crippen MR) is 86.2 cm³/mol. The number of benzene rings is 2. The number of nitrogens with zero attached hydrogens (tertiary/aromatic N) is 1. The first kappa shape index (κ1) is 16.8. The third kappa shape index (κ3) is 5.62. The SMILES string of the molecule is Cc1cccc(OCC(=O)N(C)CCOc2ccc(F)cc2)c1. The van der Waals surface area contributed by atoms with Crippen LogP contribution in [-0.2, 0) is 4.79 Å². The van der Waals surface area contributed by atoms with Crippen LogP contribution in [0, 0.1) is 12.7 Å². The molecule has 23 heavy (non-hydrogen) atoms. The maximum Gasteiger partial charge on any atom is 0.260 e. The molecule has 0 N–H and O–H groups in total. The fourth-order valence-electron chi connectivity index (χ4n) is 1.92. The zero-order valence-corrected chi connectivity index (χ0v) is 13.3. The van der Waals surface area contributed by atoms with Crippen LogP contribution < -0.4 is 9.47 Å². The molecule has 0 aliphatic heterocycles. The number of amides is 1. The van der Waals surface area contributed by atoms with E-state index in [1.807, 2.05) is 31.2 Å². The van der Waals surface area contributed by atoms with Crippen molar-refractivity contribution in [3.63, 3.8) is 0 Å². The van der Waals surface area contributed by atoms with Crippen molar-refractivity contribution in [3.8, 4) is 11.5 Å². The molecule has 0 fully saturated rings. The molecule has 0 aliphatic rings. The van der Waals surface area contributed by atoms with Gasteiger partial charge in [-0.05, 0) is 48.9 Å². The molecule has 0 saturated carbocycles. The predicted octanol–water partition coefficient (Wildman–Crippen LogP) is 3.05. The second-order valence-electron chi connectivity index (χ2n) is 5.22. The third-order valence-electron chi connectivity index (χ3n) is 3.29. The van der Waals surface area contributed by atoms with Gasteiger partial charge < -0.3 is 14.4 Å². The lowest BCUT2D eigenvalue weighted by Crippen LogP contribution is -2.34. The van der Waals surface area contributed by atoms with Crippen LogP contribution in [0.2, 0.25) is 0 Å². The number of aryl methyl sites for hydroxylation is 1. The summed E-state index contributed by atoms with van der Waals surface area (Å²) in [5.74, 6) is 0.810. The van der Waals surface area contributed by atoms with Crippen molar-refractivity contribution >= 4 is 5.91 Å². The average molecular weight is 317 g/mol. The number of halogens is 1. The third-order valence-corrected chi connectivity index (χ3v) is 3.29. The van der Waals surface area contributed by atoms with Crippen molar-refractivity contribution in [2.24, 2.45) is 0 Å². The molecular weight excluding hydrogens is 297 g/mol. The summed E-state index contributed by atoms with van der Waals surface area (Å²) in [6, 6.07) is 13.3. The number of carbonyl (C=O) groups excluding carboxylic acids is 1. The van der Waals surface area contributed by atoms with Crippen LogP contribution in [-0.4, -0.2) is 37.6 Å². The average Bonchev–Trinajstić information content (AvgIpc) is 2.54. The summed E-state index contributed by atoms with van der Waals surface area (Å²) in [5, 5.41) is 0. The molecule has 4 nitrogen and oxygen atoms in total. The highest BCUT2D eigenvalue weighted by Crippen LogP contribution is 2.12. The van der Waals surface area contributed by atoms with E-state index in [1.165, 1.54) is 12.1 Å². The molecule has 0 spiro atoms. The highest BCUT2D eigenvalue weighted by molar-refractivity contribution is 5.77. The second kappa shape index (κ2) is 8.17. The molecule has 0 aromatic heterocycles. The maximum atomic E-state index is 12.8. The first-order valence-electron chi connectivity index (χ1n) is 7.36. The number of hydrogen-bond acceptors (Lipinski definition) is 3. The minimum absolute atomic E-state index is 0.0174. The Labute approximate surface area is 135 Å². The minimum Gasteiger partial charge on any atom is -0.492 e. The van der Waals surface area contributed by atoms with E-state index in [-0.39, 0.29) is 18.3 Å². The highest BCUT2D eigenvalue weighted by atomic mass is 19.1. The number of carbonyl (C=O) groups is 1. The van der Waals surface area contributed by atoms with E-state index in [9.17, 15) is 9.18 Å². The van der Waals surface area contributed by atoms with Gasteiger partial charge in [-0.25, -0.2) is 4.39 Å². The highest BCUT2D eigenvalue weighted by Gasteiger charge is 2.09. The van der Waals surface area contributed by atoms with Gasteiger partial charge in [0, 0.05) is 7.05 Å². The molecule has 5 heteroatoms. The van der Waals surface area contributed by atoms with Crippen LogP contribution in [0.5, 0.6) is 11.5 Å². The summed E-state index contributed by atoms with van der Waals surface area (Å²) >= 11 is 0. The fraction of sp³-hybridized carbons (Fsp3) is 0.278. The first-order valence-corrected chi connectivity index (χ1v) is 7.36. The zero-order chi connectivity index (χ0) is 16.7. The Hall–Kier alpha value is -2.56. The van der Waals surface area contributed by atoms with Gasteiger partial charge in [0.05, 0.1) is 6.54 Å². The molecular formula is C18H20FNO3. The molecule has 0 aliphatic carbocycles. The van der Waals surface area contributed by atoms with Crippen molar-refractivity contribution < 1.29 is 18.7 Å². The monoisotopic (exact) mass is 317 g/mol. The summed E-state index contributed by atoms with van der Waals surface area (Å²) in [7, 11) is 1.69. The van der Waals surface area contributed by atoms with Gasteiger partial charge in [-0.1, -0.05) is 12.1 Å². The van der Waals surface area contributed by atoms with E-state index in [4.69, 9.17) is 9.47 Å². The van der Waals surface area contributed by atoms with Gasteiger partial charge in [0.25, 0.3) is 5.91 Å². The molecule has 2 aromatic carbocycles. The zero-order valence-electron chi connectivity index (χ0n) is 13.3. The van der Waals surface area contributed by atoms with Crippen molar-refractivity contribution in [1.82, 2.24) is 4.90 Å². The molecule has 2 rings (SSSR count). The van der Waals surface area contributed by atoms with E-state index in [0.717, 1.165) is 5.56 Å². The Morgan fingerprint density at radius 3 is 2.52 bits per heavy atom. The summed E-state index contributed by atoms with van der Waals surface area (Å²) in [5.41, 5.74) is 1.08. The van der Waals surface area contributed by atoms with Crippen molar-refractivity contribution in [3.05, 3.63) is 59.9 Å². The van der Waals surface area contributed by atoms with Crippen LogP contribution in [0.25, 0.3) is 0 Å². The lowest BCUT2D eigenvalue weighted by molar-refractivity contribution is -0.132. The second-order valence-corrected chi connectivity index (χ2v) is 5.22. The molecule has 2 aromatic rings. The lowest BCUT2D eigenvalue weighted by atomic mass is 10.2. The Balaban J connectivity index is 1.71. The van der Waals surface area contributed by atoms with Crippen molar-refractivity contribution in [2.75, 3.05) is 26.8 Å². The van der Waals surface area contributed by atoms with Crippen molar-refractivity contribution in [1.29, 1.82) is 0 Å². The van der Waals surface area contributed by atoms with Gasteiger partial charge in [0.15, 0.2) is 6.61 Å². The molecule has 0 unspecified atom stereocenters. The first-order chi connectivity index (χ1) is 11.0. The number of hydrogen-bond donors (Lipinski definition) is 0. The number of likely N-dealkylation sites (N-methyl/N-ethyl adjacent to an activating group) is 1. The normalized spacial score (nSPS) is 10.2. The summed E-state index contributed by atoms with van der Waals surface area (Å²) in [4.78, 5) is 13.5. The molecule has 0 bridgehead atoms. The van der Waals surface area contributed by atoms with Crippen LogP contribution in [0.15, 0.2) is 48.5 Å². The van der Waals surface area contributed by atoms with Gasteiger partial charge in [0.2, 0.25) is 0 Å². The van der Waals surface area contributed by atoms with Gasteiger partial charge in [-0.3, -0.25) is 4.79 Å². The molecule has 1 amide bonds. The topological polar surface area (TPSA) is 38.8 Å². The maximum absolute atomic E-state index is 12.8. The summed E-state index contributed by atoms with van der Waals surface area (Å²) in [6.07, 6.45) is 0. The number of rotatable bonds is 7. The van der Waals surface area contributed by atoms with Gasteiger partial charge in [0.1, 0.15) is 23.9 Å². The smallest absolute Gasteiger partial charge is 0.260 e. The molecule has 122 valence electrons. The molecule has 0 radical (unpaired) electrons. The quantitative estimate of drug-likeness (QED) is 0.788. The Morgan fingerprint density at radius 1 is 1.09 bits per heavy atom. The summed E-state index contributed by atoms with van der Waals surface area (Å²) in [6.45, 7) is 2.70. The van der Waals surface area contributed by atoms with E-state index in [0.29, 0.717) is 24.7 Å². The Kier molecular flexibility index (Phi) is 5.97. The van der Waals surface area contributed by atoms with Crippen LogP contribution >= 0.6 is 0 Å². The Morgan fingerprint density at radius 2 is 1.83 bits per heavy atom. The largest absolute Gasteiger partial charge is 0.492 e. The van der Waals surface area contributed by atoms with Crippen LogP contribution in [0.1, 0.15) is 5.56 Å². The van der Waals surface area contributed by atoms with Crippen LogP contribution in [0.3, 0.4) is 0 Å². The van der Waals surface area contributed by atoms with E-state index < -0.39 is 0 Å². The summed E-state index contributed by atoms with van der Waals surface area (Å²) < 4.78 is 23.7. The molecule has 0 heterocycles. The molecule has 0 saturated heterocycles. The van der Waals surface area contributed by atoms with E-state index in [2.05, 4.69) is 0 Å². The van der Waals surface area contributed by atoms with Gasteiger partial charge in [-0.15, -0.1) is 0 Å². The Bertz CT molecular complexity index is 643. The number of ether oxygens (including phenoxy) is 2. The lowest BCUT2D eigenvalue weighted by Gasteiger charge is -2.18. The van der Waals surface area contributed by atoms with Crippen molar-refractivity contribution in [2.45, 2.75) is 6.92 Å².